The van der Waals surface area contributed by atoms with Crippen LogP contribution in [0.2, 0.25) is 0 Å². The van der Waals surface area contributed by atoms with Gasteiger partial charge in [-0.25, -0.2) is 0 Å². The van der Waals surface area contributed by atoms with Crippen LogP contribution < -0.4 is 19.5 Å². The molecule has 1 amide bonds. The molecule has 3 rings (SSSR count). The van der Waals surface area contributed by atoms with E-state index in [2.05, 4.69) is 10.2 Å². The van der Waals surface area contributed by atoms with Gasteiger partial charge in [0.2, 0.25) is 0 Å². The Morgan fingerprint density at radius 1 is 1.17 bits per heavy atom. The summed E-state index contributed by atoms with van der Waals surface area (Å²) in [5, 5.41) is 14.5. The molecule has 1 heterocycles. The predicted molar refractivity (Wildman–Crippen MR) is 110 cm³/mol. The first-order valence-corrected chi connectivity index (χ1v) is 9.51. The molecule has 1 unspecified atom stereocenters. The van der Waals surface area contributed by atoms with Crippen LogP contribution in [0.15, 0.2) is 36.4 Å². The molecule has 1 fully saturated rings. The monoisotopic (exact) mass is 415 g/mol. The van der Waals surface area contributed by atoms with Crippen molar-refractivity contribution >= 4 is 11.6 Å². The fraction of sp³-hybridized carbons (Fsp3) is 0.381. The standard InChI is InChI=1S/C21H25N3O6/c1-28-17-9-15(10-18(11-17)29-2)21(25)22-16-7-8-23(13-16)12-14-5-4-6-19(30-3)20(14)24(26)27/h4-6,9-11,16H,7-8,12-13H2,1-3H3,(H,22,25). The van der Waals surface area contributed by atoms with E-state index in [1.165, 1.54) is 21.3 Å². The summed E-state index contributed by atoms with van der Waals surface area (Å²) in [6.45, 7) is 1.73. The third-order valence-corrected chi connectivity index (χ3v) is 5.10. The van der Waals surface area contributed by atoms with E-state index in [0.29, 0.717) is 35.7 Å². The lowest BCUT2D eigenvalue weighted by Gasteiger charge is -2.17. The van der Waals surface area contributed by atoms with Gasteiger partial charge in [0, 0.05) is 42.9 Å². The molecule has 1 N–H and O–H groups in total. The minimum Gasteiger partial charge on any atom is -0.497 e. The summed E-state index contributed by atoms with van der Waals surface area (Å²) in [6, 6.07) is 10.0. The van der Waals surface area contributed by atoms with Crippen LogP contribution in [0.4, 0.5) is 5.69 Å². The summed E-state index contributed by atoms with van der Waals surface area (Å²) in [6.07, 6.45) is 0.755. The quantitative estimate of drug-likeness (QED) is 0.522. The Morgan fingerprint density at radius 3 is 2.47 bits per heavy atom. The molecule has 9 nitrogen and oxygen atoms in total. The number of nitrogens with zero attached hydrogens (tertiary/aromatic N) is 2. The molecule has 0 aromatic heterocycles. The van der Waals surface area contributed by atoms with Gasteiger partial charge in [-0.1, -0.05) is 12.1 Å². The maximum Gasteiger partial charge on any atom is 0.315 e. The van der Waals surface area contributed by atoms with Crippen LogP contribution in [0.5, 0.6) is 17.2 Å². The Labute approximate surface area is 174 Å². The van der Waals surface area contributed by atoms with E-state index in [9.17, 15) is 14.9 Å². The average Bonchev–Trinajstić information content (AvgIpc) is 3.19. The number of hydrogen-bond acceptors (Lipinski definition) is 7. The number of carbonyl (C=O) groups excluding carboxylic acids is 1. The number of ether oxygens (including phenoxy) is 3. The normalized spacial score (nSPS) is 16.2. The lowest BCUT2D eigenvalue weighted by atomic mass is 10.1. The summed E-state index contributed by atoms with van der Waals surface area (Å²) in [4.78, 5) is 25.8. The maximum atomic E-state index is 12.7. The number of rotatable bonds is 8. The van der Waals surface area contributed by atoms with Crippen molar-refractivity contribution in [3.8, 4) is 17.2 Å². The number of likely N-dealkylation sites (tertiary alicyclic amines) is 1. The fourth-order valence-corrected chi connectivity index (χ4v) is 3.61. The van der Waals surface area contributed by atoms with Crippen molar-refractivity contribution in [2.45, 2.75) is 19.0 Å². The summed E-state index contributed by atoms with van der Waals surface area (Å²) in [7, 11) is 4.48. The van der Waals surface area contributed by atoms with Crippen LogP contribution >= 0.6 is 0 Å². The van der Waals surface area contributed by atoms with Gasteiger partial charge in [0.15, 0.2) is 5.75 Å². The molecule has 2 aromatic carbocycles. The first-order chi connectivity index (χ1) is 14.4. The second-order valence-electron chi connectivity index (χ2n) is 7.02. The molecular formula is C21H25N3O6. The number of benzene rings is 2. The Bertz CT molecular complexity index is 911. The van der Waals surface area contributed by atoms with Crippen molar-refractivity contribution in [3.63, 3.8) is 0 Å². The molecule has 30 heavy (non-hydrogen) atoms. The molecule has 0 bridgehead atoms. The van der Waals surface area contributed by atoms with Crippen molar-refractivity contribution in [1.29, 1.82) is 0 Å². The summed E-state index contributed by atoms with van der Waals surface area (Å²) >= 11 is 0. The van der Waals surface area contributed by atoms with Crippen molar-refractivity contribution in [3.05, 3.63) is 57.6 Å². The van der Waals surface area contributed by atoms with Crippen LogP contribution in [-0.2, 0) is 6.54 Å². The Morgan fingerprint density at radius 2 is 1.87 bits per heavy atom. The van der Waals surface area contributed by atoms with Crippen LogP contribution in [0, 0.1) is 10.1 Å². The Hall–Kier alpha value is -3.33. The largest absolute Gasteiger partial charge is 0.497 e. The number of nitro groups is 1. The fourth-order valence-electron chi connectivity index (χ4n) is 3.61. The molecule has 1 atom stereocenters. The van der Waals surface area contributed by atoms with Crippen molar-refractivity contribution in [1.82, 2.24) is 10.2 Å². The van der Waals surface area contributed by atoms with Crippen molar-refractivity contribution < 1.29 is 23.9 Å². The summed E-state index contributed by atoms with van der Waals surface area (Å²) < 4.78 is 15.6. The molecular weight excluding hydrogens is 390 g/mol. The Balaban J connectivity index is 1.66. The minimum absolute atomic E-state index is 0.0176. The predicted octanol–water partition coefficient (Wildman–Crippen LogP) is 2.62. The van der Waals surface area contributed by atoms with Crippen molar-refractivity contribution in [2.24, 2.45) is 0 Å². The van der Waals surface area contributed by atoms with E-state index in [4.69, 9.17) is 14.2 Å². The molecule has 1 saturated heterocycles. The van der Waals surface area contributed by atoms with Gasteiger partial charge < -0.3 is 19.5 Å². The minimum atomic E-state index is -0.417. The third-order valence-electron chi connectivity index (χ3n) is 5.10. The lowest BCUT2D eigenvalue weighted by molar-refractivity contribution is -0.386. The van der Waals surface area contributed by atoms with Gasteiger partial charge in [0.05, 0.1) is 26.3 Å². The van der Waals surface area contributed by atoms with Gasteiger partial charge in [0.1, 0.15) is 11.5 Å². The average molecular weight is 415 g/mol. The highest BCUT2D eigenvalue weighted by Gasteiger charge is 2.28. The molecule has 160 valence electrons. The number of methoxy groups -OCH3 is 3. The van der Waals surface area contributed by atoms with Gasteiger partial charge in [-0.05, 0) is 24.6 Å². The molecule has 1 aliphatic rings. The number of carbonyl (C=O) groups is 1. The zero-order valence-corrected chi connectivity index (χ0v) is 17.2. The molecule has 0 spiro atoms. The van der Waals surface area contributed by atoms with E-state index in [1.54, 1.807) is 36.4 Å². The lowest BCUT2D eigenvalue weighted by Crippen LogP contribution is -2.37. The van der Waals surface area contributed by atoms with Gasteiger partial charge in [-0.15, -0.1) is 0 Å². The zero-order chi connectivity index (χ0) is 21.7. The van der Waals surface area contributed by atoms with E-state index in [-0.39, 0.29) is 23.4 Å². The smallest absolute Gasteiger partial charge is 0.315 e. The molecule has 0 radical (unpaired) electrons. The first kappa shape index (κ1) is 21.4. The number of para-hydroxylation sites is 1. The topological polar surface area (TPSA) is 103 Å². The highest BCUT2D eigenvalue weighted by molar-refractivity contribution is 5.95. The highest BCUT2D eigenvalue weighted by Crippen LogP contribution is 2.32. The van der Waals surface area contributed by atoms with E-state index in [1.807, 2.05) is 0 Å². The summed E-state index contributed by atoms with van der Waals surface area (Å²) in [5.74, 6) is 1.11. The van der Waals surface area contributed by atoms with E-state index in [0.717, 1.165) is 13.0 Å². The van der Waals surface area contributed by atoms with Gasteiger partial charge >= 0.3 is 5.69 Å². The zero-order valence-electron chi connectivity index (χ0n) is 17.2. The van der Waals surface area contributed by atoms with Gasteiger partial charge in [-0.2, -0.15) is 0 Å². The second kappa shape index (κ2) is 9.45. The molecule has 0 saturated carbocycles. The summed E-state index contributed by atoms with van der Waals surface area (Å²) in [5.41, 5.74) is 1.02. The SMILES string of the molecule is COc1cc(OC)cc(C(=O)NC2CCN(Cc3cccc(OC)c3[N+](=O)[O-])C2)c1. The second-order valence-corrected chi connectivity index (χ2v) is 7.02. The van der Waals surface area contributed by atoms with E-state index >= 15 is 0 Å². The van der Waals surface area contributed by atoms with Crippen molar-refractivity contribution in [2.75, 3.05) is 34.4 Å². The third kappa shape index (κ3) is 4.80. The van der Waals surface area contributed by atoms with Crippen LogP contribution in [0.1, 0.15) is 22.3 Å². The number of nitro benzene ring substituents is 1. The van der Waals surface area contributed by atoms with Gasteiger partial charge in [0.25, 0.3) is 5.91 Å². The highest BCUT2D eigenvalue weighted by atomic mass is 16.6. The van der Waals surface area contributed by atoms with E-state index < -0.39 is 4.92 Å². The molecule has 9 heteroatoms. The Kier molecular flexibility index (Phi) is 6.73. The number of hydrogen-bond donors (Lipinski definition) is 1. The first-order valence-electron chi connectivity index (χ1n) is 9.51. The molecule has 0 aliphatic carbocycles. The van der Waals surface area contributed by atoms with Crippen LogP contribution in [0.3, 0.4) is 0 Å². The van der Waals surface area contributed by atoms with Gasteiger partial charge in [-0.3, -0.25) is 19.8 Å². The number of amides is 1. The van der Waals surface area contributed by atoms with Crippen LogP contribution in [0.25, 0.3) is 0 Å². The molecule has 2 aromatic rings. The molecule has 1 aliphatic heterocycles. The van der Waals surface area contributed by atoms with Crippen LogP contribution in [-0.4, -0.2) is 56.2 Å². The number of nitrogens with one attached hydrogen (secondary N) is 1. The maximum absolute atomic E-state index is 12.7.